The number of allylic oxidation sites excluding steroid dienone is 1. The van der Waals surface area contributed by atoms with Crippen molar-refractivity contribution >= 4 is 28.8 Å². The van der Waals surface area contributed by atoms with Gasteiger partial charge in [-0.1, -0.05) is 78.5 Å². The van der Waals surface area contributed by atoms with E-state index in [1.807, 2.05) is 74.5 Å². The molecule has 0 radical (unpaired) electrons. The summed E-state index contributed by atoms with van der Waals surface area (Å²) in [5.41, 5.74) is 6.17. The van der Waals surface area contributed by atoms with Gasteiger partial charge in [0.15, 0.2) is 5.17 Å². The largest absolute Gasteiger partial charge is 0.458 e. The van der Waals surface area contributed by atoms with Crippen molar-refractivity contribution in [3.63, 3.8) is 0 Å². The lowest BCUT2D eigenvalue weighted by Gasteiger charge is -2.37. The minimum Gasteiger partial charge on any atom is -0.458 e. The number of carbonyl (C=O) groups excluding carboxylic acids is 2. The molecule has 1 atom stereocenters. The van der Waals surface area contributed by atoms with Gasteiger partial charge in [-0.15, -0.1) is 0 Å². The number of amidine groups is 1. The van der Waals surface area contributed by atoms with E-state index in [4.69, 9.17) is 9.73 Å². The minimum absolute atomic E-state index is 0.00612. The molecule has 0 spiro atoms. The highest BCUT2D eigenvalue weighted by Gasteiger charge is 2.41. The number of aliphatic imine (C=N–C) groups is 1. The fraction of sp³-hybridized carbons (Fsp3) is 0.276. The second-order valence-corrected chi connectivity index (χ2v) is 9.89. The van der Waals surface area contributed by atoms with Crippen LogP contribution in [0.25, 0.3) is 0 Å². The van der Waals surface area contributed by atoms with E-state index in [0.29, 0.717) is 17.8 Å². The molecule has 2 aliphatic heterocycles. The monoisotopic (exact) mass is 501 g/mol. The SMILES string of the molecule is C=CCOC(=O)C1=C(C)N=C2SC=C(CC(=O)N(C)Cc3ccccc3)N2[C@@H]1c1ccc(C)cc1C. The highest BCUT2D eigenvalue weighted by atomic mass is 32.2. The van der Waals surface area contributed by atoms with Crippen LogP contribution >= 0.6 is 11.8 Å². The molecule has 0 fully saturated rings. The van der Waals surface area contributed by atoms with Crippen LogP contribution in [-0.4, -0.2) is 40.5 Å². The number of hydrogen-bond acceptors (Lipinski definition) is 6. The molecular weight excluding hydrogens is 470 g/mol. The van der Waals surface area contributed by atoms with Crippen LogP contribution in [-0.2, 0) is 20.9 Å². The number of ether oxygens (including phenoxy) is 1. The lowest BCUT2D eigenvalue weighted by molar-refractivity contribution is -0.138. The molecule has 2 heterocycles. The molecular formula is C29H31N3O3S. The van der Waals surface area contributed by atoms with Gasteiger partial charge in [0.2, 0.25) is 5.91 Å². The summed E-state index contributed by atoms with van der Waals surface area (Å²) >= 11 is 1.48. The minimum atomic E-state index is -0.441. The molecule has 0 N–H and O–H groups in total. The molecule has 0 saturated heterocycles. The van der Waals surface area contributed by atoms with Crippen molar-refractivity contribution in [3.05, 3.63) is 106 Å². The Balaban J connectivity index is 1.67. The van der Waals surface area contributed by atoms with E-state index in [-0.39, 0.29) is 18.9 Å². The summed E-state index contributed by atoms with van der Waals surface area (Å²) in [5, 5.41) is 2.72. The van der Waals surface area contributed by atoms with Crippen LogP contribution in [0.3, 0.4) is 0 Å². The Labute approximate surface area is 217 Å². The van der Waals surface area contributed by atoms with Gasteiger partial charge in [-0.05, 0) is 42.9 Å². The Bertz CT molecular complexity index is 1280. The molecule has 2 aromatic rings. The number of rotatable bonds is 8. The van der Waals surface area contributed by atoms with Gasteiger partial charge in [0.1, 0.15) is 6.61 Å². The molecule has 0 unspecified atom stereocenters. The predicted molar refractivity (Wildman–Crippen MR) is 145 cm³/mol. The summed E-state index contributed by atoms with van der Waals surface area (Å²) < 4.78 is 5.47. The predicted octanol–water partition coefficient (Wildman–Crippen LogP) is 5.66. The third kappa shape index (κ3) is 5.31. The van der Waals surface area contributed by atoms with Gasteiger partial charge in [-0.2, -0.15) is 0 Å². The molecule has 2 aliphatic rings. The molecule has 36 heavy (non-hydrogen) atoms. The highest BCUT2D eigenvalue weighted by Crippen LogP contribution is 2.45. The second kappa shape index (κ2) is 11.0. The average molecular weight is 502 g/mol. The summed E-state index contributed by atoms with van der Waals surface area (Å²) in [7, 11) is 1.81. The number of fused-ring (bicyclic) bond motifs is 1. The first kappa shape index (κ1) is 25.5. The molecule has 0 aromatic heterocycles. The lowest BCUT2D eigenvalue weighted by atomic mass is 9.90. The summed E-state index contributed by atoms with van der Waals surface area (Å²) in [6, 6.07) is 15.7. The standard InChI is InChI=1S/C29H31N3O3S/c1-6-14-35-28(34)26-21(4)30-29-32(27(26)24-13-12-19(2)15-20(24)3)23(18-36-29)16-25(33)31(5)17-22-10-8-7-9-11-22/h6-13,15,18,27H,1,14,16-17H2,2-5H3/t27-/m1/s1. The van der Waals surface area contributed by atoms with Gasteiger partial charge in [-0.25, -0.2) is 9.79 Å². The molecule has 6 nitrogen and oxygen atoms in total. The normalized spacial score (nSPS) is 16.8. The van der Waals surface area contributed by atoms with E-state index in [0.717, 1.165) is 33.1 Å². The zero-order chi connectivity index (χ0) is 25.8. The van der Waals surface area contributed by atoms with E-state index in [1.165, 1.54) is 11.8 Å². The summed E-state index contributed by atoms with van der Waals surface area (Å²) in [6.45, 7) is 10.2. The van der Waals surface area contributed by atoms with Crippen LogP contribution < -0.4 is 0 Å². The van der Waals surface area contributed by atoms with E-state index in [1.54, 1.807) is 11.0 Å². The van der Waals surface area contributed by atoms with Crippen LogP contribution in [0.15, 0.2) is 88.6 Å². The van der Waals surface area contributed by atoms with Crippen molar-refractivity contribution in [3.8, 4) is 0 Å². The summed E-state index contributed by atoms with van der Waals surface area (Å²) in [5.74, 6) is -0.433. The first-order valence-corrected chi connectivity index (χ1v) is 12.8. The van der Waals surface area contributed by atoms with Gasteiger partial charge in [0.25, 0.3) is 0 Å². The van der Waals surface area contributed by atoms with Gasteiger partial charge in [0, 0.05) is 19.3 Å². The zero-order valence-electron chi connectivity index (χ0n) is 21.2. The summed E-state index contributed by atoms with van der Waals surface area (Å²) in [6.07, 6.45) is 1.75. The second-order valence-electron chi connectivity index (χ2n) is 9.05. The molecule has 2 aromatic carbocycles. The van der Waals surface area contributed by atoms with Crippen LogP contribution in [0.2, 0.25) is 0 Å². The van der Waals surface area contributed by atoms with Crippen molar-refractivity contribution in [1.29, 1.82) is 0 Å². The van der Waals surface area contributed by atoms with E-state index >= 15 is 0 Å². The quantitative estimate of drug-likeness (QED) is 0.345. The van der Waals surface area contributed by atoms with Gasteiger partial charge >= 0.3 is 5.97 Å². The van der Waals surface area contributed by atoms with Gasteiger partial charge in [0.05, 0.1) is 23.7 Å². The maximum atomic E-state index is 13.2. The number of benzene rings is 2. The van der Waals surface area contributed by atoms with Crippen LogP contribution in [0, 0.1) is 13.8 Å². The zero-order valence-corrected chi connectivity index (χ0v) is 22.0. The van der Waals surface area contributed by atoms with Crippen LogP contribution in [0.4, 0.5) is 0 Å². The lowest BCUT2D eigenvalue weighted by Crippen LogP contribution is -2.38. The van der Waals surface area contributed by atoms with Gasteiger partial charge < -0.3 is 14.5 Å². The first-order chi connectivity index (χ1) is 17.3. The van der Waals surface area contributed by atoms with Crippen molar-refractivity contribution in [2.24, 2.45) is 4.99 Å². The third-order valence-corrected chi connectivity index (χ3v) is 7.18. The number of aryl methyl sites for hydroxylation is 2. The average Bonchev–Trinajstić information content (AvgIpc) is 3.24. The molecule has 1 amide bonds. The molecule has 0 bridgehead atoms. The molecule has 0 aliphatic carbocycles. The fourth-order valence-electron chi connectivity index (χ4n) is 4.51. The van der Waals surface area contributed by atoms with E-state index in [2.05, 4.69) is 18.7 Å². The fourth-order valence-corrected chi connectivity index (χ4v) is 5.47. The number of esters is 1. The van der Waals surface area contributed by atoms with Crippen molar-refractivity contribution in [2.45, 2.75) is 39.8 Å². The smallest absolute Gasteiger partial charge is 0.338 e. The number of amides is 1. The Morgan fingerprint density at radius 3 is 2.61 bits per heavy atom. The van der Waals surface area contributed by atoms with Gasteiger partial charge in [-0.3, -0.25) is 4.79 Å². The Hall–Kier alpha value is -3.58. The Morgan fingerprint density at radius 2 is 1.92 bits per heavy atom. The molecule has 0 saturated carbocycles. The molecule has 4 rings (SSSR count). The van der Waals surface area contributed by atoms with Crippen LogP contribution in [0.1, 0.15) is 41.6 Å². The highest BCUT2D eigenvalue weighted by molar-refractivity contribution is 8.16. The van der Waals surface area contributed by atoms with Crippen LogP contribution in [0.5, 0.6) is 0 Å². The topological polar surface area (TPSA) is 62.2 Å². The third-order valence-electron chi connectivity index (χ3n) is 6.29. The van der Waals surface area contributed by atoms with Crippen molar-refractivity contribution in [1.82, 2.24) is 9.80 Å². The molecule has 186 valence electrons. The van der Waals surface area contributed by atoms with E-state index < -0.39 is 12.0 Å². The molecule has 7 heteroatoms. The number of hydrogen-bond donors (Lipinski definition) is 0. The summed E-state index contributed by atoms with van der Waals surface area (Å²) in [4.78, 5) is 35.0. The first-order valence-electron chi connectivity index (χ1n) is 11.9. The maximum absolute atomic E-state index is 13.2. The number of carbonyl (C=O) groups is 2. The number of thioether (sulfide) groups is 1. The number of nitrogens with zero attached hydrogens (tertiary/aromatic N) is 3. The van der Waals surface area contributed by atoms with Crippen molar-refractivity contribution in [2.75, 3.05) is 13.7 Å². The van der Waals surface area contributed by atoms with E-state index in [9.17, 15) is 9.59 Å². The Morgan fingerprint density at radius 1 is 1.17 bits per heavy atom. The maximum Gasteiger partial charge on any atom is 0.338 e. The Kier molecular flexibility index (Phi) is 7.79. The van der Waals surface area contributed by atoms with Crippen molar-refractivity contribution < 1.29 is 14.3 Å².